The van der Waals surface area contributed by atoms with Crippen LogP contribution in [0.25, 0.3) is 16.6 Å². The van der Waals surface area contributed by atoms with Gasteiger partial charge < -0.3 is 5.32 Å². The summed E-state index contributed by atoms with van der Waals surface area (Å²) in [4.78, 5) is 29.3. The zero-order valence-corrected chi connectivity index (χ0v) is 16.4. The van der Waals surface area contributed by atoms with Gasteiger partial charge in [0.1, 0.15) is 6.04 Å². The molecule has 0 aliphatic carbocycles. The standard InChI is InChI=1S/C22H22N4O2/c1-13-8-7-9-14(2)20(13)24-22(28)16(4)26-18-11-6-5-10-17(18)21-23-19(27)12-15(3)25(21)26/h5-12,16H,1-4H3,(H,24,28)/t16-/m0/s1. The molecule has 4 aromatic rings. The summed E-state index contributed by atoms with van der Waals surface area (Å²) in [5, 5.41) is 3.91. The van der Waals surface area contributed by atoms with Gasteiger partial charge in [-0.05, 0) is 51.0 Å². The van der Waals surface area contributed by atoms with Crippen molar-refractivity contribution in [3.63, 3.8) is 0 Å². The van der Waals surface area contributed by atoms with Crippen LogP contribution in [0.2, 0.25) is 0 Å². The summed E-state index contributed by atoms with van der Waals surface area (Å²) >= 11 is 0. The summed E-state index contributed by atoms with van der Waals surface area (Å²) in [5.41, 5.74) is 4.74. The Morgan fingerprint density at radius 2 is 1.71 bits per heavy atom. The summed E-state index contributed by atoms with van der Waals surface area (Å²) in [6.45, 7) is 7.66. The minimum atomic E-state index is -0.510. The zero-order chi connectivity index (χ0) is 20.0. The van der Waals surface area contributed by atoms with E-state index >= 15 is 0 Å². The van der Waals surface area contributed by atoms with Gasteiger partial charge in [0.25, 0.3) is 5.56 Å². The molecule has 0 fully saturated rings. The number of nitrogens with zero attached hydrogens (tertiary/aromatic N) is 3. The molecule has 142 valence electrons. The van der Waals surface area contributed by atoms with E-state index in [0.717, 1.165) is 33.4 Å². The minimum absolute atomic E-state index is 0.127. The molecular weight excluding hydrogens is 352 g/mol. The molecule has 6 heteroatoms. The zero-order valence-electron chi connectivity index (χ0n) is 16.4. The average molecular weight is 374 g/mol. The normalized spacial score (nSPS) is 12.4. The first-order valence-electron chi connectivity index (χ1n) is 9.25. The molecule has 4 rings (SSSR count). The molecule has 0 unspecified atom stereocenters. The number of benzene rings is 2. The number of para-hydroxylation sites is 2. The van der Waals surface area contributed by atoms with Crippen molar-refractivity contribution in [3.8, 4) is 0 Å². The van der Waals surface area contributed by atoms with Gasteiger partial charge in [-0.25, -0.2) is 4.52 Å². The van der Waals surface area contributed by atoms with Gasteiger partial charge in [-0.15, -0.1) is 0 Å². The molecule has 1 amide bonds. The largest absolute Gasteiger partial charge is 0.324 e. The fourth-order valence-electron chi connectivity index (χ4n) is 3.74. The number of hydrogen-bond acceptors (Lipinski definition) is 3. The highest BCUT2D eigenvalue weighted by Gasteiger charge is 2.23. The summed E-state index contributed by atoms with van der Waals surface area (Å²) in [7, 11) is 0. The summed E-state index contributed by atoms with van der Waals surface area (Å²) in [6, 6.07) is 14.6. The number of anilines is 1. The second-order valence-electron chi connectivity index (χ2n) is 7.16. The maximum Gasteiger partial charge on any atom is 0.273 e. The van der Waals surface area contributed by atoms with Crippen LogP contribution in [0.5, 0.6) is 0 Å². The van der Waals surface area contributed by atoms with Crippen LogP contribution in [0.1, 0.15) is 29.8 Å². The van der Waals surface area contributed by atoms with E-state index < -0.39 is 6.04 Å². The van der Waals surface area contributed by atoms with Crippen molar-refractivity contribution in [3.05, 3.63) is 75.7 Å². The van der Waals surface area contributed by atoms with Crippen LogP contribution in [0.15, 0.2) is 53.3 Å². The molecule has 0 aliphatic heterocycles. The van der Waals surface area contributed by atoms with Crippen LogP contribution in [-0.4, -0.2) is 20.1 Å². The fraction of sp³-hybridized carbons (Fsp3) is 0.227. The van der Waals surface area contributed by atoms with Crippen LogP contribution in [-0.2, 0) is 4.79 Å². The van der Waals surface area contributed by atoms with Gasteiger partial charge in [0.05, 0.1) is 5.52 Å². The number of carbonyl (C=O) groups is 1. The summed E-state index contributed by atoms with van der Waals surface area (Å²) < 4.78 is 3.75. The Morgan fingerprint density at radius 1 is 1.04 bits per heavy atom. The lowest BCUT2D eigenvalue weighted by atomic mass is 10.1. The van der Waals surface area contributed by atoms with E-state index in [2.05, 4.69) is 10.3 Å². The predicted molar refractivity (Wildman–Crippen MR) is 111 cm³/mol. The highest BCUT2D eigenvalue weighted by molar-refractivity contribution is 5.98. The predicted octanol–water partition coefficient (Wildman–Crippen LogP) is 3.77. The Labute approximate surface area is 162 Å². The number of aryl methyl sites for hydroxylation is 3. The van der Waals surface area contributed by atoms with Crippen molar-refractivity contribution in [2.75, 3.05) is 5.32 Å². The lowest BCUT2D eigenvalue weighted by Crippen LogP contribution is -2.27. The molecule has 0 spiro atoms. The van der Waals surface area contributed by atoms with Crippen LogP contribution >= 0.6 is 0 Å². The summed E-state index contributed by atoms with van der Waals surface area (Å²) in [5.74, 6) is -0.127. The molecule has 0 saturated heterocycles. The second-order valence-corrected chi connectivity index (χ2v) is 7.16. The van der Waals surface area contributed by atoms with E-state index in [9.17, 15) is 9.59 Å². The van der Waals surface area contributed by atoms with Gasteiger partial charge in [0.15, 0.2) is 5.65 Å². The molecule has 2 aromatic heterocycles. The van der Waals surface area contributed by atoms with Gasteiger partial charge in [0.2, 0.25) is 5.91 Å². The molecule has 2 heterocycles. The van der Waals surface area contributed by atoms with Gasteiger partial charge in [-0.2, -0.15) is 4.98 Å². The number of carbonyl (C=O) groups excluding carboxylic acids is 1. The van der Waals surface area contributed by atoms with E-state index in [-0.39, 0.29) is 11.5 Å². The van der Waals surface area contributed by atoms with E-state index in [4.69, 9.17) is 0 Å². The Balaban J connectivity index is 1.88. The first kappa shape index (κ1) is 18.0. The topological polar surface area (TPSA) is 68.4 Å². The van der Waals surface area contributed by atoms with E-state index in [0.29, 0.717) is 5.65 Å². The molecule has 0 aliphatic rings. The smallest absolute Gasteiger partial charge is 0.273 e. The fourth-order valence-corrected chi connectivity index (χ4v) is 3.74. The molecule has 6 nitrogen and oxygen atoms in total. The third-order valence-corrected chi connectivity index (χ3v) is 5.17. The minimum Gasteiger partial charge on any atom is -0.324 e. The van der Waals surface area contributed by atoms with E-state index in [1.807, 2.05) is 79.4 Å². The van der Waals surface area contributed by atoms with Crippen LogP contribution in [0, 0.1) is 20.8 Å². The monoisotopic (exact) mass is 374 g/mol. The third kappa shape index (κ3) is 2.78. The lowest BCUT2D eigenvalue weighted by Gasteiger charge is -2.19. The Hall–Kier alpha value is -3.41. The number of rotatable bonds is 3. The number of hydrogen-bond donors (Lipinski definition) is 1. The van der Waals surface area contributed by atoms with Crippen molar-refractivity contribution in [2.24, 2.45) is 0 Å². The first-order valence-corrected chi connectivity index (χ1v) is 9.25. The van der Waals surface area contributed by atoms with Crippen molar-refractivity contribution < 1.29 is 4.79 Å². The Bertz CT molecular complexity index is 1260. The van der Waals surface area contributed by atoms with Crippen LogP contribution < -0.4 is 10.9 Å². The maximum atomic E-state index is 13.2. The van der Waals surface area contributed by atoms with Gasteiger partial charge in [-0.3, -0.25) is 14.3 Å². The van der Waals surface area contributed by atoms with Crippen LogP contribution in [0.4, 0.5) is 5.69 Å². The molecule has 1 atom stereocenters. The molecule has 0 radical (unpaired) electrons. The van der Waals surface area contributed by atoms with Crippen molar-refractivity contribution in [2.45, 2.75) is 33.7 Å². The molecule has 0 bridgehead atoms. The first-order chi connectivity index (χ1) is 13.4. The lowest BCUT2D eigenvalue weighted by molar-refractivity contribution is -0.119. The number of amides is 1. The highest BCUT2D eigenvalue weighted by Crippen LogP contribution is 2.26. The molecule has 28 heavy (non-hydrogen) atoms. The maximum absolute atomic E-state index is 13.2. The molecule has 0 saturated carbocycles. The van der Waals surface area contributed by atoms with Gasteiger partial charge in [0, 0.05) is 22.8 Å². The Kier molecular flexibility index (Phi) is 4.26. The van der Waals surface area contributed by atoms with Gasteiger partial charge >= 0.3 is 0 Å². The SMILES string of the molecule is Cc1cccc(C)c1NC(=O)[C@H](C)n1c2ccccc2c2nc(=O)cc(C)n21. The number of nitrogens with one attached hydrogen (secondary N) is 1. The molecular formula is C22H22N4O2. The Morgan fingerprint density at radius 3 is 2.43 bits per heavy atom. The number of fused-ring (bicyclic) bond motifs is 3. The van der Waals surface area contributed by atoms with Gasteiger partial charge in [-0.1, -0.05) is 30.3 Å². The van der Waals surface area contributed by atoms with E-state index in [1.165, 1.54) is 6.07 Å². The number of aromatic nitrogens is 3. The van der Waals surface area contributed by atoms with E-state index in [1.54, 1.807) is 0 Å². The molecule has 1 N–H and O–H groups in total. The quantitative estimate of drug-likeness (QED) is 0.593. The van der Waals surface area contributed by atoms with Crippen molar-refractivity contribution >= 4 is 28.1 Å². The third-order valence-electron chi connectivity index (χ3n) is 5.17. The highest BCUT2D eigenvalue weighted by atomic mass is 16.2. The summed E-state index contributed by atoms with van der Waals surface area (Å²) in [6.07, 6.45) is 0. The van der Waals surface area contributed by atoms with Crippen molar-refractivity contribution in [1.29, 1.82) is 0 Å². The van der Waals surface area contributed by atoms with Crippen molar-refractivity contribution in [1.82, 2.24) is 14.2 Å². The second kappa shape index (κ2) is 6.64. The van der Waals surface area contributed by atoms with Crippen LogP contribution in [0.3, 0.4) is 0 Å². The average Bonchev–Trinajstić information content (AvgIpc) is 2.99. The molecule has 2 aromatic carbocycles.